The largest absolute Gasteiger partial charge is 0.485 e. The number of thioether (sulfide) groups is 1. The van der Waals surface area contributed by atoms with Crippen LogP contribution in [0.4, 0.5) is 0 Å². The highest BCUT2D eigenvalue weighted by atomic mass is 32.2. The van der Waals surface area contributed by atoms with Crippen LogP contribution in [0.25, 0.3) is 0 Å². The Morgan fingerprint density at radius 3 is 2.69 bits per heavy atom. The van der Waals surface area contributed by atoms with Gasteiger partial charge in [0.05, 0.1) is 5.75 Å². The number of rotatable bonds is 10. The summed E-state index contributed by atoms with van der Waals surface area (Å²) < 4.78 is 7.81. The van der Waals surface area contributed by atoms with E-state index in [1.807, 2.05) is 66.1 Å². The number of carbonyl (C=O) groups is 1. The van der Waals surface area contributed by atoms with Gasteiger partial charge in [-0.25, -0.2) is 0 Å². The van der Waals surface area contributed by atoms with Gasteiger partial charge in [-0.05, 0) is 24.1 Å². The van der Waals surface area contributed by atoms with Crippen molar-refractivity contribution >= 4 is 17.7 Å². The van der Waals surface area contributed by atoms with Gasteiger partial charge in [0.15, 0.2) is 11.0 Å². The molecule has 29 heavy (non-hydrogen) atoms. The Morgan fingerprint density at radius 1 is 1.17 bits per heavy atom. The number of nitrogens with one attached hydrogen (secondary N) is 1. The first-order chi connectivity index (χ1) is 14.2. The molecule has 0 unspecified atom stereocenters. The number of para-hydroxylation sites is 1. The van der Waals surface area contributed by atoms with Crippen LogP contribution in [0, 0.1) is 6.92 Å². The lowest BCUT2D eigenvalue weighted by molar-refractivity contribution is -0.118. The van der Waals surface area contributed by atoms with Gasteiger partial charge in [0, 0.05) is 13.1 Å². The molecule has 0 saturated carbocycles. The number of hydrogen-bond donors (Lipinski definition) is 1. The number of allylic oxidation sites excluding steroid dienone is 1. The van der Waals surface area contributed by atoms with Crippen LogP contribution in [0.3, 0.4) is 0 Å². The monoisotopic (exact) mass is 408 g/mol. The molecule has 1 N–H and O–H groups in total. The van der Waals surface area contributed by atoms with Crippen LogP contribution < -0.4 is 10.1 Å². The van der Waals surface area contributed by atoms with E-state index in [0.29, 0.717) is 30.7 Å². The number of carbonyl (C=O) groups excluding carboxylic acids is 1. The Balaban J connectivity index is 1.57. The van der Waals surface area contributed by atoms with Crippen molar-refractivity contribution < 1.29 is 9.53 Å². The summed E-state index contributed by atoms with van der Waals surface area (Å²) in [5, 5.41) is 12.1. The third-order valence-corrected chi connectivity index (χ3v) is 5.19. The molecule has 3 aromatic rings. The molecule has 1 amide bonds. The number of ether oxygens (including phenoxy) is 1. The third kappa shape index (κ3) is 5.96. The normalized spacial score (nSPS) is 10.5. The minimum Gasteiger partial charge on any atom is -0.485 e. The highest BCUT2D eigenvalue weighted by Crippen LogP contribution is 2.20. The zero-order valence-corrected chi connectivity index (χ0v) is 17.2. The molecule has 6 nitrogen and oxygen atoms in total. The lowest BCUT2D eigenvalue weighted by atomic mass is 10.2. The highest BCUT2D eigenvalue weighted by molar-refractivity contribution is 7.99. The molecule has 1 heterocycles. The lowest BCUT2D eigenvalue weighted by Crippen LogP contribution is -2.24. The van der Waals surface area contributed by atoms with E-state index in [-0.39, 0.29) is 11.7 Å². The van der Waals surface area contributed by atoms with Gasteiger partial charge in [-0.2, -0.15) is 0 Å². The molecule has 0 bridgehead atoms. The number of amides is 1. The second-order valence-electron chi connectivity index (χ2n) is 6.40. The molecule has 2 aromatic carbocycles. The number of aryl methyl sites for hydroxylation is 1. The number of aromatic nitrogens is 3. The van der Waals surface area contributed by atoms with E-state index in [1.54, 1.807) is 6.08 Å². The van der Waals surface area contributed by atoms with E-state index < -0.39 is 0 Å². The van der Waals surface area contributed by atoms with Gasteiger partial charge in [0.25, 0.3) is 0 Å². The minimum absolute atomic E-state index is 0.0512. The van der Waals surface area contributed by atoms with E-state index in [1.165, 1.54) is 11.8 Å². The minimum atomic E-state index is -0.0512. The molecule has 7 heteroatoms. The summed E-state index contributed by atoms with van der Waals surface area (Å²) in [6.07, 6.45) is 1.78. The summed E-state index contributed by atoms with van der Waals surface area (Å²) in [6.45, 7) is 7.16. The Morgan fingerprint density at radius 2 is 1.93 bits per heavy atom. The molecule has 0 fully saturated rings. The van der Waals surface area contributed by atoms with Crippen molar-refractivity contribution in [3.8, 4) is 5.75 Å². The average molecular weight is 409 g/mol. The molecule has 150 valence electrons. The first kappa shape index (κ1) is 20.7. The zero-order chi connectivity index (χ0) is 20.5. The summed E-state index contributed by atoms with van der Waals surface area (Å²) in [5.41, 5.74) is 2.13. The van der Waals surface area contributed by atoms with Crippen LogP contribution in [0.2, 0.25) is 0 Å². The molecular formula is C22H24N4O2S. The maximum Gasteiger partial charge on any atom is 0.230 e. The first-order valence-corrected chi connectivity index (χ1v) is 10.3. The fraction of sp³-hybridized carbons (Fsp3) is 0.227. The van der Waals surface area contributed by atoms with Gasteiger partial charge >= 0.3 is 0 Å². The SMILES string of the molecule is C=CCn1c(COc2ccccc2C)nnc1SCC(=O)NCc1ccccc1. The number of benzene rings is 2. The Kier molecular flexibility index (Phi) is 7.47. The Bertz CT molecular complexity index is 956. The molecule has 0 atom stereocenters. The quantitative estimate of drug-likeness (QED) is 0.409. The maximum absolute atomic E-state index is 12.2. The van der Waals surface area contributed by atoms with Crippen molar-refractivity contribution in [2.24, 2.45) is 0 Å². The van der Waals surface area contributed by atoms with E-state index >= 15 is 0 Å². The Hall–Kier alpha value is -3.06. The Labute approximate surface area is 175 Å². The van der Waals surface area contributed by atoms with Crippen molar-refractivity contribution in [3.05, 3.63) is 84.2 Å². The molecule has 3 rings (SSSR count). The molecule has 0 aliphatic heterocycles. The lowest BCUT2D eigenvalue weighted by Gasteiger charge is -2.10. The van der Waals surface area contributed by atoms with Crippen LogP contribution in [0.1, 0.15) is 17.0 Å². The van der Waals surface area contributed by atoms with Crippen molar-refractivity contribution in [1.82, 2.24) is 20.1 Å². The summed E-state index contributed by atoms with van der Waals surface area (Å²) >= 11 is 1.35. The number of hydrogen-bond acceptors (Lipinski definition) is 5. The molecule has 0 aliphatic carbocycles. The van der Waals surface area contributed by atoms with Crippen molar-refractivity contribution in [3.63, 3.8) is 0 Å². The van der Waals surface area contributed by atoms with Gasteiger partial charge in [-0.3, -0.25) is 9.36 Å². The van der Waals surface area contributed by atoms with Crippen molar-refractivity contribution in [1.29, 1.82) is 0 Å². The predicted molar refractivity (Wildman–Crippen MR) is 115 cm³/mol. The van der Waals surface area contributed by atoms with E-state index in [9.17, 15) is 4.79 Å². The van der Waals surface area contributed by atoms with Crippen LogP contribution in [0.15, 0.2) is 72.4 Å². The molecule has 0 saturated heterocycles. The maximum atomic E-state index is 12.2. The van der Waals surface area contributed by atoms with Crippen LogP contribution >= 0.6 is 11.8 Å². The predicted octanol–water partition coefficient (Wildman–Crippen LogP) is 3.76. The van der Waals surface area contributed by atoms with Gasteiger partial charge in [-0.1, -0.05) is 66.4 Å². The van der Waals surface area contributed by atoms with Gasteiger partial charge in [0.1, 0.15) is 12.4 Å². The summed E-state index contributed by atoms with van der Waals surface area (Å²) in [6, 6.07) is 17.7. The zero-order valence-electron chi connectivity index (χ0n) is 16.4. The van der Waals surface area contributed by atoms with E-state index in [0.717, 1.165) is 16.9 Å². The third-order valence-electron chi connectivity index (χ3n) is 4.22. The van der Waals surface area contributed by atoms with Crippen molar-refractivity contribution in [2.75, 3.05) is 5.75 Å². The topological polar surface area (TPSA) is 69.0 Å². The van der Waals surface area contributed by atoms with Gasteiger partial charge in [0.2, 0.25) is 5.91 Å². The second kappa shape index (κ2) is 10.5. The van der Waals surface area contributed by atoms with Crippen molar-refractivity contribution in [2.45, 2.75) is 31.8 Å². The molecule has 0 radical (unpaired) electrons. The highest BCUT2D eigenvalue weighted by Gasteiger charge is 2.14. The number of nitrogens with zero attached hydrogens (tertiary/aromatic N) is 3. The second-order valence-corrected chi connectivity index (χ2v) is 7.35. The van der Waals surface area contributed by atoms with E-state index in [2.05, 4.69) is 22.1 Å². The average Bonchev–Trinajstić information content (AvgIpc) is 3.13. The van der Waals surface area contributed by atoms with Crippen LogP contribution in [0.5, 0.6) is 5.75 Å². The fourth-order valence-corrected chi connectivity index (χ4v) is 3.48. The van der Waals surface area contributed by atoms with E-state index in [4.69, 9.17) is 4.74 Å². The van der Waals surface area contributed by atoms with Crippen LogP contribution in [-0.2, 0) is 24.5 Å². The fourth-order valence-electron chi connectivity index (χ4n) is 2.68. The summed E-state index contributed by atoms with van der Waals surface area (Å²) in [4.78, 5) is 12.2. The molecule has 0 aliphatic rings. The van der Waals surface area contributed by atoms with Crippen LogP contribution in [-0.4, -0.2) is 26.4 Å². The summed E-state index contributed by atoms with van der Waals surface area (Å²) in [7, 11) is 0. The molecular weight excluding hydrogens is 384 g/mol. The van der Waals surface area contributed by atoms with Gasteiger partial charge in [-0.15, -0.1) is 16.8 Å². The first-order valence-electron chi connectivity index (χ1n) is 9.32. The molecule has 1 aromatic heterocycles. The smallest absolute Gasteiger partial charge is 0.230 e. The standard InChI is InChI=1S/C22H24N4O2S/c1-3-13-26-20(15-28-19-12-8-7-9-17(19)2)24-25-22(26)29-16-21(27)23-14-18-10-5-4-6-11-18/h3-12H,1,13-16H2,2H3,(H,23,27). The molecule has 0 spiro atoms. The van der Waals surface area contributed by atoms with Gasteiger partial charge < -0.3 is 10.1 Å². The summed E-state index contributed by atoms with van der Waals surface area (Å²) in [5.74, 6) is 1.72.